The quantitative estimate of drug-likeness (QED) is 0.582. The van der Waals surface area contributed by atoms with Gasteiger partial charge in [-0.05, 0) is 24.3 Å². The molecule has 1 aromatic carbocycles. The molecule has 6 nitrogen and oxygen atoms in total. The second-order valence-corrected chi connectivity index (χ2v) is 4.39. The topological polar surface area (TPSA) is 92.3 Å². The molecule has 0 spiro atoms. The second-order valence-electron chi connectivity index (χ2n) is 4.39. The molecule has 0 radical (unpaired) electrons. The lowest BCUT2D eigenvalue weighted by Gasteiger charge is -2.00. The third-order valence-electron chi connectivity index (χ3n) is 3.24. The number of hydrogen-bond donors (Lipinski definition) is 2. The van der Waals surface area contributed by atoms with Crippen LogP contribution in [0.3, 0.4) is 0 Å². The van der Waals surface area contributed by atoms with Crippen LogP contribution in [-0.2, 0) is 0 Å². The number of fused-ring (bicyclic) bond motifs is 2. The molecule has 6 heteroatoms. The van der Waals surface area contributed by atoms with E-state index >= 15 is 0 Å². The van der Waals surface area contributed by atoms with Crippen LogP contribution < -0.4 is 0 Å². The Bertz CT molecular complexity index is 896. The molecular formula is C14H8N2O4. The van der Waals surface area contributed by atoms with Gasteiger partial charge in [-0.2, -0.15) is 5.10 Å². The maximum Gasteiger partial charge on any atom is 0.353 e. The van der Waals surface area contributed by atoms with E-state index < -0.39 is 5.97 Å². The van der Waals surface area contributed by atoms with Crippen LogP contribution in [0.4, 0.5) is 0 Å². The Morgan fingerprint density at radius 1 is 1.20 bits per heavy atom. The summed E-state index contributed by atoms with van der Waals surface area (Å²) in [6.45, 7) is 0. The molecule has 0 saturated carbocycles. The maximum absolute atomic E-state index is 11.0. The summed E-state index contributed by atoms with van der Waals surface area (Å²) in [6.07, 6.45) is 3.16. The average Bonchev–Trinajstić information content (AvgIpc) is 3.15. The largest absolute Gasteiger partial charge is 0.477 e. The van der Waals surface area contributed by atoms with E-state index in [4.69, 9.17) is 13.9 Å². The summed E-state index contributed by atoms with van der Waals surface area (Å²) < 4.78 is 10.9. The highest BCUT2D eigenvalue weighted by molar-refractivity contribution is 6.08. The number of aromatic amines is 1. The third-order valence-corrected chi connectivity index (χ3v) is 3.24. The molecule has 0 aliphatic carbocycles. The first kappa shape index (κ1) is 10.9. The van der Waals surface area contributed by atoms with Crippen molar-refractivity contribution in [1.29, 1.82) is 0 Å². The highest BCUT2D eigenvalue weighted by atomic mass is 16.4. The average molecular weight is 268 g/mol. The lowest BCUT2D eigenvalue weighted by Crippen LogP contribution is -1.95. The monoisotopic (exact) mass is 268 g/mol. The van der Waals surface area contributed by atoms with E-state index in [2.05, 4.69) is 10.2 Å². The van der Waals surface area contributed by atoms with Crippen LogP contribution in [-0.4, -0.2) is 21.3 Å². The number of carbonyl (C=O) groups is 1. The number of furan rings is 2. The minimum Gasteiger partial charge on any atom is -0.477 e. The highest BCUT2D eigenvalue weighted by Crippen LogP contribution is 2.36. The van der Waals surface area contributed by atoms with Gasteiger partial charge >= 0.3 is 5.97 Å². The molecule has 0 atom stereocenters. The molecule has 98 valence electrons. The van der Waals surface area contributed by atoms with Crippen molar-refractivity contribution >= 4 is 27.9 Å². The SMILES string of the molecule is O=C(O)c1cc(-c2c3ccoc3cc3ccoc23)n[nH]1. The van der Waals surface area contributed by atoms with Crippen LogP contribution in [0.25, 0.3) is 33.2 Å². The minimum absolute atomic E-state index is 0.0280. The number of aromatic carboxylic acids is 1. The smallest absolute Gasteiger partial charge is 0.353 e. The molecule has 0 amide bonds. The van der Waals surface area contributed by atoms with Crippen LogP contribution in [0, 0.1) is 0 Å². The molecule has 20 heavy (non-hydrogen) atoms. The molecule has 3 aromatic heterocycles. The van der Waals surface area contributed by atoms with Crippen LogP contribution >= 0.6 is 0 Å². The first-order valence-electron chi connectivity index (χ1n) is 5.90. The minimum atomic E-state index is -1.06. The summed E-state index contributed by atoms with van der Waals surface area (Å²) in [6, 6.07) is 6.99. The van der Waals surface area contributed by atoms with E-state index in [-0.39, 0.29) is 5.69 Å². The molecule has 0 fully saturated rings. The van der Waals surface area contributed by atoms with Crippen LogP contribution in [0.5, 0.6) is 0 Å². The van der Waals surface area contributed by atoms with Gasteiger partial charge in [-0.25, -0.2) is 4.79 Å². The van der Waals surface area contributed by atoms with Crippen molar-refractivity contribution in [3.05, 3.63) is 42.5 Å². The Kier molecular flexibility index (Phi) is 2.03. The van der Waals surface area contributed by atoms with E-state index in [1.807, 2.05) is 18.2 Å². The standard InChI is InChI=1S/C14H8N2O4/c17-14(18)10-6-9(15-16-10)12-8-2-4-19-11(8)5-7-1-3-20-13(7)12/h1-6H,(H,15,16)(H,17,18). The van der Waals surface area contributed by atoms with Crippen molar-refractivity contribution in [2.75, 3.05) is 0 Å². The third kappa shape index (κ3) is 1.38. The van der Waals surface area contributed by atoms with E-state index in [9.17, 15) is 4.79 Å². The summed E-state index contributed by atoms with van der Waals surface area (Å²) >= 11 is 0. The molecule has 4 rings (SSSR count). The molecule has 0 unspecified atom stereocenters. The van der Waals surface area contributed by atoms with Crippen molar-refractivity contribution in [2.45, 2.75) is 0 Å². The van der Waals surface area contributed by atoms with Crippen molar-refractivity contribution < 1.29 is 18.7 Å². The molecule has 0 aliphatic heterocycles. The van der Waals surface area contributed by atoms with Gasteiger partial charge in [0, 0.05) is 10.8 Å². The molecular weight excluding hydrogens is 260 g/mol. The van der Waals surface area contributed by atoms with Crippen molar-refractivity contribution in [3.63, 3.8) is 0 Å². The van der Waals surface area contributed by atoms with E-state index in [1.165, 1.54) is 6.07 Å². The normalized spacial score (nSPS) is 11.4. The van der Waals surface area contributed by atoms with Crippen molar-refractivity contribution in [2.24, 2.45) is 0 Å². The van der Waals surface area contributed by atoms with E-state index in [0.29, 0.717) is 16.9 Å². The predicted molar refractivity (Wildman–Crippen MR) is 70.5 cm³/mol. The number of H-pyrrole nitrogens is 1. The maximum atomic E-state index is 11.0. The van der Waals surface area contributed by atoms with Gasteiger partial charge in [0.1, 0.15) is 16.9 Å². The summed E-state index contributed by atoms with van der Waals surface area (Å²) in [5, 5.41) is 17.2. The van der Waals surface area contributed by atoms with Gasteiger partial charge < -0.3 is 13.9 Å². The Morgan fingerprint density at radius 2 is 2.05 bits per heavy atom. The molecule has 3 heterocycles. The molecule has 2 N–H and O–H groups in total. The fourth-order valence-corrected chi connectivity index (χ4v) is 2.35. The Balaban J connectivity index is 2.10. The number of nitrogens with zero attached hydrogens (tertiary/aromatic N) is 1. The zero-order valence-corrected chi connectivity index (χ0v) is 10.1. The molecule has 0 saturated heterocycles. The van der Waals surface area contributed by atoms with E-state index in [0.717, 1.165) is 16.3 Å². The Labute approximate surface area is 111 Å². The molecule has 4 aromatic rings. The summed E-state index contributed by atoms with van der Waals surface area (Å²) in [5.74, 6) is -1.06. The summed E-state index contributed by atoms with van der Waals surface area (Å²) in [7, 11) is 0. The highest BCUT2D eigenvalue weighted by Gasteiger charge is 2.18. The van der Waals surface area contributed by atoms with Crippen molar-refractivity contribution in [1.82, 2.24) is 10.2 Å². The van der Waals surface area contributed by atoms with Crippen LogP contribution in [0.1, 0.15) is 10.5 Å². The van der Waals surface area contributed by atoms with Gasteiger partial charge in [0.05, 0.1) is 23.8 Å². The number of benzene rings is 1. The second kappa shape index (κ2) is 3.74. The van der Waals surface area contributed by atoms with Gasteiger partial charge in [-0.15, -0.1) is 0 Å². The van der Waals surface area contributed by atoms with Crippen LogP contribution in [0.2, 0.25) is 0 Å². The van der Waals surface area contributed by atoms with Gasteiger partial charge in [-0.1, -0.05) is 0 Å². The summed E-state index contributed by atoms with van der Waals surface area (Å²) in [5.41, 5.74) is 2.62. The number of aromatic nitrogens is 2. The van der Waals surface area contributed by atoms with Gasteiger partial charge in [0.2, 0.25) is 0 Å². The first-order chi connectivity index (χ1) is 9.74. The van der Waals surface area contributed by atoms with Crippen LogP contribution in [0.15, 0.2) is 45.6 Å². The first-order valence-corrected chi connectivity index (χ1v) is 5.90. The lowest BCUT2D eigenvalue weighted by atomic mass is 10.0. The number of nitrogens with one attached hydrogen (secondary N) is 1. The van der Waals surface area contributed by atoms with Gasteiger partial charge in [0.25, 0.3) is 0 Å². The lowest BCUT2D eigenvalue weighted by molar-refractivity contribution is 0.0690. The fraction of sp³-hybridized carbons (Fsp3) is 0. The zero-order valence-electron chi connectivity index (χ0n) is 10.1. The number of carboxylic acid groups (broad SMARTS) is 1. The number of hydrogen-bond acceptors (Lipinski definition) is 4. The number of carboxylic acids is 1. The van der Waals surface area contributed by atoms with Gasteiger partial charge in [-0.3, -0.25) is 5.10 Å². The molecule has 0 aliphatic rings. The Hall–Kier alpha value is -3.02. The fourth-order valence-electron chi connectivity index (χ4n) is 2.35. The predicted octanol–water partition coefficient (Wildman–Crippen LogP) is 3.27. The summed E-state index contributed by atoms with van der Waals surface area (Å²) in [4.78, 5) is 11.0. The van der Waals surface area contributed by atoms with E-state index in [1.54, 1.807) is 12.5 Å². The molecule has 0 bridgehead atoms. The van der Waals surface area contributed by atoms with Gasteiger partial charge in [0.15, 0.2) is 0 Å². The Morgan fingerprint density at radius 3 is 2.85 bits per heavy atom. The van der Waals surface area contributed by atoms with Crippen molar-refractivity contribution in [3.8, 4) is 11.3 Å². The number of rotatable bonds is 2. The zero-order chi connectivity index (χ0) is 13.7.